The van der Waals surface area contributed by atoms with Crippen molar-refractivity contribution >= 4 is 17.5 Å². The Hall–Kier alpha value is -1.22. The van der Waals surface area contributed by atoms with Gasteiger partial charge in [0, 0.05) is 11.9 Å². The molecule has 0 saturated heterocycles. The van der Waals surface area contributed by atoms with Crippen LogP contribution in [0.1, 0.15) is 25.8 Å². The molecule has 1 heterocycles. The number of amides is 1. The zero-order chi connectivity index (χ0) is 14.5. The van der Waals surface area contributed by atoms with Gasteiger partial charge in [0.1, 0.15) is 12.4 Å². The van der Waals surface area contributed by atoms with E-state index in [9.17, 15) is 4.79 Å². The van der Waals surface area contributed by atoms with Gasteiger partial charge in [0.15, 0.2) is 0 Å². The number of carbonyl (C=O) groups excluding carboxylic acids is 1. The third kappa shape index (κ3) is 3.89. The number of carbonyl (C=O) groups is 1. The van der Waals surface area contributed by atoms with Gasteiger partial charge in [-0.1, -0.05) is 32.0 Å². The van der Waals surface area contributed by atoms with Gasteiger partial charge >= 0.3 is 0 Å². The average Bonchev–Trinajstić information content (AvgIpc) is 2.45. The second-order valence-electron chi connectivity index (χ2n) is 5.81. The molecule has 0 radical (unpaired) electrons. The number of alkyl halides is 1. The molecule has 1 aliphatic heterocycles. The second-order valence-corrected chi connectivity index (χ2v) is 6.12. The Morgan fingerprint density at radius 3 is 2.90 bits per heavy atom. The van der Waals surface area contributed by atoms with Crippen molar-refractivity contribution in [3.8, 4) is 5.75 Å². The van der Waals surface area contributed by atoms with Crippen molar-refractivity contribution in [3.05, 3.63) is 29.8 Å². The molecule has 2 rings (SSSR count). The number of benzene rings is 1. The number of nitrogens with one attached hydrogen (secondary N) is 1. The summed E-state index contributed by atoms with van der Waals surface area (Å²) in [6.07, 6.45) is 1.64. The van der Waals surface area contributed by atoms with Crippen molar-refractivity contribution in [2.45, 2.75) is 32.7 Å². The van der Waals surface area contributed by atoms with Crippen LogP contribution in [0.2, 0.25) is 0 Å². The van der Waals surface area contributed by atoms with Crippen LogP contribution in [0.25, 0.3) is 0 Å². The quantitative estimate of drug-likeness (QED) is 0.848. The topological polar surface area (TPSA) is 38.3 Å². The fraction of sp³-hybridized carbons (Fsp3) is 0.562. The molecule has 1 N–H and O–H groups in total. The van der Waals surface area contributed by atoms with Crippen molar-refractivity contribution in [2.75, 3.05) is 12.5 Å². The van der Waals surface area contributed by atoms with E-state index in [4.69, 9.17) is 16.3 Å². The van der Waals surface area contributed by atoms with Crippen LogP contribution in [0.4, 0.5) is 0 Å². The van der Waals surface area contributed by atoms with Crippen molar-refractivity contribution in [1.82, 2.24) is 5.32 Å². The van der Waals surface area contributed by atoms with Crippen molar-refractivity contribution in [2.24, 2.45) is 11.8 Å². The molecule has 1 aliphatic rings. The summed E-state index contributed by atoms with van der Waals surface area (Å²) < 4.78 is 5.66. The Morgan fingerprint density at radius 1 is 1.45 bits per heavy atom. The lowest BCUT2D eigenvalue weighted by molar-refractivity contribution is -0.126. The number of rotatable bonds is 5. The van der Waals surface area contributed by atoms with Crippen LogP contribution in [0.15, 0.2) is 24.3 Å². The first-order valence-electron chi connectivity index (χ1n) is 7.17. The summed E-state index contributed by atoms with van der Waals surface area (Å²) in [5.41, 5.74) is 1.10. The Labute approximate surface area is 125 Å². The van der Waals surface area contributed by atoms with Crippen LogP contribution >= 0.6 is 11.6 Å². The number of fused-ring (bicyclic) bond motifs is 1. The molecule has 1 amide bonds. The highest BCUT2D eigenvalue weighted by atomic mass is 35.5. The van der Waals surface area contributed by atoms with E-state index in [0.717, 1.165) is 24.2 Å². The van der Waals surface area contributed by atoms with E-state index >= 15 is 0 Å². The maximum Gasteiger partial charge on any atom is 0.227 e. The maximum absolute atomic E-state index is 12.3. The first kappa shape index (κ1) is 15.2. The standard InChI is InChI=1S/C16H22ClNO2/c1-11(2)7-14(9-17)18-16(19)13-8-12-5-3-4-6-15(12)20-10-13/h3-6,11,13-14H,7-10H2,1-2H3,(H,18,19). The van der Waals surface area contributed by atoms with E-state index in [0.29, 0.717) is 18.4 Å². The van der Waals surface area contributed by atoms with Crippen LogP contribution in [0.3, 0.4) is 0 Å². The van der Waals surface area contributed by atoms with E-state index in [2.05, 4.69) is 19.2 Å². The molecule has 4 heteroatoms. The van der Waals surface area contributed by atoms with Crippen LogP contribution in [0.5, 0.6) is 5.75 Å². The summed E-state index contributed by atoms with van der Waals surface area (Å²) in [5, 5.41) is 3.05. The van der Waals surface area contributed by atoms with E-state index in [-0.39, 0.29) is 17.9 Å². The van der Waals surface area contributed by atoms with Crippen LogP contribution in [-0.4, -0.2) is 24.4 Å². The Bertz CT molecular complexity index is 462. The summed E-state index contributed by atoms with van der Waals surface area (Å²) >= 11 is 5.93. The molecule has 0 saturated carbocycles. The Kier molecular flexibility index (Phi) is 5.30. The number of halogens is 1. The fourth-order valence-electron chi connectivity index (χ4n) is 2.54. The average molecular weight is 296 g/mol. The maximum atomic E-state index is 12.3. The minimum Gasteiger partial charge on any atom is -0.492 e. The van der Waals surface area contributed by atoms with Gasteiger partial charge < -0.3 is 10.1 Å². The molecule has 20 heavy (non-hydrogen) atoms. The van der Waals surface area contributed by atoms with Crippen LogP contribution in [0, 0.1) is 11.8 Å². The third-order valence-corrected chi connectivity index (χ3v) is 3.91. The van der Waals surface area contributed by atoms with Crippen molar-refractivity contribution < 1.29 is 9.53 Å². The molecule has 0 spiro atoms. The highest BCUT2D eigenvalue weighted by Gasteiger charge is 2.27. The fourth-order valence-corrected chi connectivity index (χ4v) is 2.75. The molecular formula is C16H22ClNO2. The molecule has 2 atom stereocenters. The second kappa shape index (κ2) is 6.98. The summed E-state index contributed by atoms with van der Waals surface area (Å²) in [6, 6.07) is 7.93. The molecule has 0 fully saturated rings. The molecule has 0 bridgehead atoms. The molecule has 3 nitrogen and oxygen atoms in total. The van der Waals surface area contributed by atoms with Gasteiger partial charge in [-0.05, 0) is 30.4 Å². The lowest BCUT2D eigenvalue weighted by atomic mass is 9.95. The first-order chi connectivity index (χ1) is 9.60. The highest BCUT2D eigenvalue weighted by molar-refractivity contribution is 6.18. The monoisotopic (exact) mass is 295 g/mol. The SMILES string of the molecule is CC(C)CC(CCl)NC(=O)C1COc2ccccc2C1. The van der Waals surface area contributed by atoms with Crippen LogP contribution < -0.4 is 10.1 Å². The van der Waals surface area contributed by atoms with E-state index in [1.165, 1.54) is 0 Å². The predicted octanol–water partition coefficient (Wildman–Crippen LogP) is 3.01. The zero-order valence-electron chi connectivity index (χ0n) is 12.1. The number of hydrogen-bond donors (Lipinski definition) is 1. The lowest BCUT2D eigenvalue weighted by Gasteiger charge is -2.26. The minimum absolute atomic E-state index is 0.0429. The van der Waals surface area contributed by atoms with Gasteiger partial charge in [0.05, 0.1) is 5.92 Å². The number of hydrogen-bond acceptors (Lipinski definition) is 2. The normalized spacial score (nSPS) is 19.1. The summed E-state index contributed by atoms with van der Waals surface area (Å²) in [6.45, 7) is 4.71. The molecule has 2 unspecified atom stereocenters. The molecule has 0 aliphatic carbocycles. The highest BCUT2D eigenvalue weighted by Crippen LogP contribution is 2.27. The van der Waals surface area contributed by atoms with Crippen molar-refractivity contribution in [3.63, 3.8) is 0 Å². The van der Waals surface area contributed by atoms with E-state index in [1.807, 2.05) is 24.3 Å². The molecule has 110 valence electrons. The molecule has 1 aromatic carbocycles. The largest absolute Gasteiger partial charge is 0.492 e. The van der Waals surface area contributed by atoms with Gasteiger partial charge in [0.25, 0.3) is 0 Å². The third-order valence-electron chi connectivity index (χ3n) is 3.54. The summed E-state index contributed by atoms with van der Waals surface area (Å²) in [5.74, 6) is 1.79. The predicted molar refractivity (Wildman–Crippen MR) is 81.2 cm³/mol. The molecule has 0 aromatic heterocycles. The van der Waals surface area contributed by atoms with Gasteiger partial charge in [0.2, 0.25) is 5.91 Å². The van der Waals surface area contributed by atoms with Gasteiger partial charge in [-0.3, -0.25) is 4.79 Å². The smallest absolute Gasteiger partial charge is 0.227 e. The summed E-state index contributed by atoms with van der Waals surface area (Å²) in [4.78, 5) is 12.3. The first-order valence-corrected chi connectivity index (χ1v) is 7.70. The van der Waals surface area contributed by atoms with E-state index < -0.39 is 0 Å². The number of ether oxygens (including phenoxy) is 1. The van der Waals surface area contributed by atoms with Gasteiger partial charge in [-0.2, -0.15) is 0 Å². The molecule has 1 aromatic rings. The minimum atomic E-state index is -0.122. The lowest BCUT2D eigenvalue weighted by Crippen LogP contribution is -2.44. The molecular weight excluding hydrogens is 274 g/mol. The van der Waals surface area contributed by atoms with Gasteiger partial charge in [-0.25, -0.2) is 0 Å². The van der Waals surface area contributed by atoms with Gasteiger partial charge in [-0.15, -0.1) is 11.6 Å². The van der Waals surface area contributed by atoms with E-state index in [1.54, 1.807) is 0 Å². The number of para-hydroxylation sites is 1. The van der Waals surface area contributed by atoms with Crippen molar-refractivity contribution in [1.29, 1.82) is 0 Å². The Morgan fingerprint density at radius 2 is 2.20 bits per heavy atom. The Balaban J connectivity index is 1.94. The summed E-state index contributed by atoms with van der Waals surface area (Å²) in [7, 11) is 0. The zero-order valence-corrected chi connectivity index (χ0v) is 12.8. The van der Waals surface area contributed by atoms with Crippen LogP contribution in [-0.2, 0) is 11.2 Å².